The van der Waals surface area contributed by atoms with Crippen molar-refractivity contribution in [2.45, 2.75) is 26.7 Å². The first-order valence-electron chi connectivity index (χ1n) is 7.08. The fraction of sp³-hybridized carbons (Fsp3) is 0.211. The number of benzene rings is 1. The molecule has 0 atom stereocenters. The van der Waals surface area contributed by atoms with Gasteiger partial charge in [0.05, 0.1) is 5.70 Å². The van der Waals surface area contributed by atoms with Crippen molar-refractivity contribution in [2.75, 3.05) is 0 Å². The van der Waals surface area contributed by atoms with E-state index in [2.05, 4.69) is 61.8 Å². The molecular weight excluding hydrogens is 242 g/mol. The average Bonchev–Trinajstić information content (AvgIpc) is 2.89. The normalized spacial score (nSPS) is 17.9. The summed E-state index contributed by atoms with van der Waals surface area (Å²) in [5.74, 6) is 0. The van der Waals surface area contributed by atoms with Crippen LogP contribution in [0.3, 0.4) is 0 Å². The van der Waals surface area contributed by atoms with Gasteiger partial charge in [0.1, 0.15) is 0 Å². The Kier molecular flexibility index (Phi) is 3.27. The molecule has 20 heavy (non-hydrogen) atoms. The van der Waals surface area contributed by atoms with Crippen molar-refractivity contribution in [2.24, 2.45) is 4.99 Å². The summed E-state index contributed by atoms with van der Waals surface area (Å²) in [5, 5.41) is 0. The highest BCUT2D eigenvalue weighted by molar-refractivity contribution is 5.88. The van der Waals surface area contributed by atoms with E-state index >= 15 is 0 Å². The molecule has 0 saturated carbocycles. The lowest BCUT2D eigenvalue weighted by Crippen LogP contribution is -1.95. The van der Waals surface area contributed by atoms with Gasteiger partial charge in [-0.2, -0.15) is 0 Å². The molecule has 1 heterocycles. The minimum Gasteiger partial charge on any atom is -0.260 e. The predicted molar refractivity (Wildman–Crippen MR) is 89.9 cm³/mol. The number of hydrogen-bond donors (Lipinski definition) is 0. The zero-order valence-electron chi connectivity index (χ0n) is 12.1. The Balaban J connectivity index is 0.00000161. The van der Waals surface area contributed by atoms with Crippen LogP contribution in [-0.4, -0.2) is 6.21 Å². The third-order valence-electron chi connectivity index (χ3n) is 4.02. The van der Waals surface area contributed by atoms with Crippen LogP contribution in [0, 0.1) is 0 Å². The highest BCUT2D eigenvalue weighted by Gasteiger charge is 2.18. The molecule has 2 aliphatic rings. The minimum atomic E-state index is 0. The number of aliphatic imine (C=N–C) groups is 1. The summed E-state index contributed by atoms with van der Waals surface area (Å²) in [5.41, 5.74) is 8.74. The fourth-order valence-electron chi connectivity index (χ4n) is 2.68. The van der Waals surface area contributed by atoms with Gasteiger partial charge in [0.2, 0.25) is 0 Å². The van der Waals surface area contributed by atoms with Gasteiger partial charge in [-0.25, -0.2) is 0 Å². The molecule has 0 fully saturated rings. The first-order valence-corrected chi connectivity index (χ1v) is 7.08. The SMILES string of the molecule is C=C1C=C(C2=CCc3ccc(/C(C)=C/C)cc32)N=CC1.[HH]. The van der Waals surface area contributed by atoms with Crippen molar-refractivity contribution >= 4 is 17.4 Å². The smallest absolute Gasteiger partial charge is 0.0703 e. The van der Waals surface area contributed by atoms with E-state index in [1.54, 1.807) is 0 Å². The van der Waals surface area contributed by atoms with Crippen molar-refractivity contribution in [1.29, 1.82) is 0 Å². The maximum Gasteiger partial charge on any atom is 0.0703 e. The quantitative estimate of drug-likeness (QED) is 0.694. The van der Waals surface area contributed by atoms with Crippen LogP contribution < -0.4 is 0 Å². The minimum absolute atomic E-state index is 0. The van der Waals surface area contributed by atoms with Gasteiger partial charge >= 0.3 is 0 Å². The van der Waals surface area contributed by atoms with Crippen LogP contribution in [0.5, 0.6) is 0 Å². The summed E-state index contributed by atoms with van der Waals surface area (Å²) in [6.07, 6.45) is 10.4. The number of fused-ring (bicyclic) bond motifs is 1. The molecule has 1 aromatic rings. The molecule has 0 unspecified atom stereocenters. The van der Waals surface area contributed by atoms with Crippen LogP contribution in [-0.2, 0) is 6.42 Å². The summed E-state index contributed by atoms with van der Waals surface area (Å²) >= 11 is 0. The Morgan fingerprint density at radius 1 is 1.35 bits per heavy atom. The van der Waals surface area contributed by atoms with E-state index in [1.165, 1.54) is 27.8 Å². The van der Waals surface area contributed by atoms with Gasteiger partial charge in [-0.15, -0.1) is 0 Å². The maximum absolute atomic E-state index is 4.55. The molecule has 102 valence electrons. The first-order chi connectivity index (χ1) is 9.69. The summed E-state index contributed by atoms with van der Waals surface area (Å²) in [6, 6.07) is 6.74. The Bertz CT molecular complexity index is 702. The fourth-order valence-corrected chi connectivity index (χ4v) is 2.68. The van der Waals surface area contributed by atoms with Crippen LogP contribution >= 0.6 is 0 Å². The first kappa shape index (κ1) is 12.9. The topological polar surface area (TPSA) is 12.4 Å². The summed E-state index contributed by atoms with van der Waals surface area (Å²) in [6.45, 7) is 8.28. The highest BCUT2D eigenvalue weighted by Crippen LogP contribution is 2.36. The second kappa shape index (κ2) is 5.09. The molecule has 0 N–H and O–H groups in total. The average molecular weight is 263 g/mol. The molecule has 0 radical (unpaired) electrons. The molecular formula is C19H21N. The van der Waals surface area contributed by atoms with Crippen molar-refractivity contribution in [3.63, 3.8) is 0 Å². The molecule has 1 aliphatic heterocycles. The Labute approximate surface area is 122 Å². The van der Waals surface area contributed by atoms with Crippen LogP contribution in [0.2, 0.25) is 0 Å². The van der Waals surface area contributed by atoms with E-state index in [9.17, 15) is 0 Å². The van der Waals surface area contributed by atoms with Crippen LogP contribution in [0.15, 0.2) is 59.3 Å². The third kappa shape index (κ3) is 2.20. The zero-order valence-corrected chi connectivity index (χ0v) is 12.1. The van der Waals surface area contributed by atoms with E-state index in [0.29, 0.717) is 0 Å². The standard InChI is InChI=1S/C19H19N.H2/c1-4-14(3)16-6-5-15-7-8-17(18(15)12-16)19-11-13(2)9-10-20-19;/h4-6,8,10-12H,2,7,9H2,1,3H3;1H/b14-4+;. The molecule has 1 heteroatoms. The third-order valence-corrected chi connectivity index (χ3v) is 4.02. The lowest BCUT2D eigenvalue weighted by Gasteiger charge is -2.12. The lowest BCUT2D eigenvalue weighted by molar-refractivity contribution is 1.27. The maximum atomic E-state index is 4.55. The molecule has 1 aliphatic carbocycles. The van der Waals surface area contributed by atoms with Gasteiger partial charge < -0.3 is 0 Å². The zero-order chi connectivity index (χ0) is 14.1. The molecule has 0 bridgehead atoms. The Morgan fingerprint density at radius 3 is 2.95 bits per heavy atom. The van der Waals surface area contributed by atoms with Crippen LogP contribution in [0.25, 0.3) is 11.1 Å². The molecule has 1 nitrogen and oxygen atoms in total. The Morgan fingerprint density at radius 2 is 2.20 bits per heavy atom. The van der Waals surface area contributed by atoms with Crippen LogP contribution in [0.1, 0.15) is 38.4 Å². The van der Waals surface area contributed by atoms with Gasteiger partial charge in [-0.3, -0.25) is 4.99 Å². The second-order valence-corrected chi connectivity index (χ2v) is 5.37. The van der Waals surface area contributed by atoms with Crippen LogP contribution in [0.4, 0.5) is 0 Å². The van der Waals surface area contributed by atoms with Crippen molar-refractivity contribution in [3.05, 3.63) is 71.0 Å². The van der Waals surface area contributed by atoms with Gasteiger partial charge in [-0.1, -0.05) is 30.9 Å². The highest BCUT2D eigenvalue weighted by atomic mass is 14.7. The second-order valence-electron chi connectivity index (χ2n) is 5.37. The summed E-state index contributed by atoms with van der Waals surface area (Å²) in [4.78, 5) is 4.55. The molecule has 1 aromatic carbocycles. The van der Waals surface area contributed by atoms with E-state index in [1.807, 2.05) is 6.21 Å². The van der Waals surface area contributed by atoms with E-state index < -0.39 is 0 Å². The largest absolute Gasteiger partial charge is 0.260 e. The van der Waals surface area contributed by atoms with Crippen molar-refractivity contribution in [1.82, 2.24) is 0 Å². The number of allylic oxidation sites excluding steroid dienone is 6. The monoisotopic (exact) mass is 263 g/mol. The number of nitrogens with zero attached hydrogens (tertiary/aromatic N) is 1. The molecule has 0 saturated heterocycles. The summed E-state index contributed by atoms with van der Waals surface area (Å²) in [7, 11) is 0. The van der Waals surface area contributed by atoms with Gasteiger partial charge in [0, 0.05) is 19.6 Å². The number of hydrogen-bond acceptors (Lipinski definition) is 1. The summed E-state index contributed by atoms with van der Waals surface area (Å²) < 4.78 is 0. The molecule has 0 spiro atoms. The predicted octanol–water partition coefficient (Wildman–Crippen LogP) is 5.21. The molecule has 3 rings (SSSR count). The number of rotatable bonds is 2. The Hall–Kier alpha value is -2.15. The van der Waals surface area contributed by atoms with Gasteiger partial charge in [0.15, 0.2) is 0 Å². The van der Waals surface area contributed by atoms with E-state index in [-0.39, 0.29) is 1.43 Å². The van der Waals surface area contributed by atoms with Gasteiger partial charge in [-0.05, 0) is 60.2 Å². The lowest BCUT2D eigenvalue weighted by atomic mass is 9.96. The molecule has 0 amide bonds. The van der Waals surface area contributed by atoms with Crippen molar-refractivity contribution < 1.29 is 1.43 Å². The van der Waals surface area contributed by atoms with Gasteiger partial charge in [0.25, 0.3) is 0 Å². The van der Waals surface area contributed by atoms with Crippen molar-refractivity contribution in [3.8, 4) is 0 Å². The molecule has 0 aromatic heterocycles. The van der Waals surface area contributed by atoms with E-state index in [0.717, 1.165) is 24.1 Å². The van der Waals surface area contributed by atoms with E-state index in [4.69, 9.17) is 0 Å².